The first-order valence-corrected chi connectivity index (χ1v) is 14.5. The zero-order chi connectivity index (χ0) is 24.6. The van der Waals surface area contributed by atoms with Crippen LogP contribution in [0.1, 0.15) is 83.1 Å². The van der Waals surface area contributed by atoms with E-state index < -0.39 is 0 Å². The van der Waals surface area contributed by atoms with Crippen molar-refractivity contribution in [3.63, 3.8) is 0 Å². The Morgan fingerprint density at radius 1 is 1.06 bits per heavy atom. The highest BCUT2D eigenvalue weighted by Gasteiger charge is 2.31. The van der Waals surface area contributed by atoms with Gasteiger partial charge in [0.1, 0.15) is 10.1 Å². The molecule has 5 nitrogen and oxygen atoms in total. The molecule has 190 valence electrons. The normalized spacial score (nSPS) is 21.2. The molecule has 0 aromatic heterocycles. The van der Waals surface area contributed by atoms with E-state index in [1.54, 1.807) is 4.90 Å². The second-order valence-electron chi connectivity index (χ2n) is 10.2. The number of likely N-dealkylation sites (tertiary alicyclic amines) is 1. The van der Waals surface area contributed by atoms with Gasteiger partial charge < -0.3 is 9.64 Å². The van der Waals surface area contributed by atoms with Crippen molar-refractivity contribution in [2.45, 2.75) is 83.7 Å². The van der Waals surface area contributed by atoms with Crippen molar-refractivity contribution in [1.29, 1.82) is 0 Å². The van der Waals surface area contributed by atoms with Gasteiger partial charge in [0.25, 0.3) is 5.91 Å². The largest absolute Gasteiger partial charge is 0.490 e. The number of thiocarbonyl (C=S) groups is 1. The van der Waals surface area contributed by atoms with Gasteiger partial charge >= 0.3 is 0 Å². The maximum Gasteiger partial charge on any atom is 0.266 e. The Morgan fingerprint density at radius 2 is 1.77 bits per heavy atom. The Bertz CT molecular complexity index is 917. The highest BCUT2D eigenvalue weighted by atomic mass is 32.2. The van der Waals surface area contributed by atoms with Gasteiger partial charge in [0.05, 0.1) is 11.0 Å². The molecule has 0 unspecified atom stereocenters. The molecule has 0 N–H and O–H groups in total. The van der Waals surface area contributed by atoms with E-state index in [2.05, 4.69) is 6.92 Å². The quantitative estimate of drug-likeness (QED) is 0.216. The fourth-order valence-electron chi connectivity index (χ4n) is 5.00. The maximum absolute atomic E-state index is 12.9. The number of hydrogen-bond donors (Lipinski definition) is 0. The SMILES string of the molecule is CC1CCN(C(=O)CCCCCN2C(=O)/C(=C/c3ccc(OC4CCCCC4)cc3)SC2=S)CC1. The third kappa shape index (κ3) is 7.56. The van der Waals surface area contributed by atoms with E-state index in [0.29, 0.717) is 28.3 Å². The minimum Gasteiger partial charge on any atom is -0.490 e. The van der Waals surface area contributed by atoms with Crippen LogP contribution in [0.3, 0.4) is 0 Å². The van der Waals surface area contributed by atoms with E-state index in [9.17, 15) is 9.59 Å². The van der Waals surface area contributed by atoms with Crippen LogP contribution >= 0.6 is 24.0 Å². The lowest BCUT2D eigenvalue weighted by Gasteiger charge is -2.30. The summed E-state index contributed by atoms with van der Waals surface area (Å²) < 4.78 is 6.73. The molecule has 7 heteroatoms. The van der Waals surface area contributed by atoms with Crippen LogP contribution in [0.2, 0.25) is 0 Å². The van der Waals surface area contributed by atoms with Gasteiger partial charge in [-0.25, -0.2) is 0 Å². The lowest BCUT2D eigenvalue weighted by atomic mass is 9.98. The minimum atomic E-state index is -0.0129. The fraction of sp³-hybridized carbons (Fsp3) is 0.607. The van der Waals surface area contributed by atoms with Crippen molar-refractivity contribution in [2.24, 2.45) is 5.92 Å². The minimum absolute atomic E-state index is 0.0129. The summed E-state index contributed by atoms with van der Waals surface area (Å²) in [5.41, 5.74) is 0.979. The van der Waals surface area contributed by atoms with Crippen molar-refractivity contribution < 1.29 is 14.3 Å². The summed E-state index contributed by atoms with van der Waals surface area (Å²) in [5, 5.41) is 0. The van der Waals surface area contributed by atoms with Crippen LogP contribution in [0.25, 0.3) is 6.08 Å². The van der Waals surface area contributed by atoms with Crippen molar-refractivity contribution in [2.75, 3.05) is 19.6 Å². The van der Waals surface area contributed by atoms with Crippen molar-refractivity contribution in [3.05, 3.63) is 34.7 Å². The summed E-state index contributed by atoms with van der Waals surface area (Å²) in [6.45, 7) is 4.68. The molecule has 2 aliphatic heterocycles. The molecular weight excluding hydrogens is 476 g/mol. The monoisotopic (exact) mass is 514 g/mol. The molecule has 0 bridgehead atoms. The smallest absolute Gasteiger partial charge is 0.266 e. The average Bonchev–Trinajstić information content (AvgIpc) is 3.13. The average molecular weight is 515 g/mol. The van der Waals surface area contributed by atoms with Crippen LogP contribution in [-0.2, 0) is 9.59 Å². The third-order valence-electron chi connectivity index (χ3n) is 7.32. The molecular formula is C28H38N2O3S2. The van der Waals surface area contributed by atoms with Crippen LogP contribution < -0.4 is 4.74 Å². The molecule has 1 aliphatic carbocycles. The van der Waals surface area contributed by atoms with Crippen molar-refractivity contribution >= 4 is 46.2 Å². The van der Waals surface area contributed by atoms with Gasteiger partial charge in [-0.3, -0.25) is 14.5 Å². The van der Waals surface area contributed by atoms with Gasteiger partial charge in [0, 0.05) is 26.1 Å². The van der Waals surface area contributed by atoms with E-state index in [-0.39, 0.29) is 11.8 Å². The number of carbonyl (C=O) groups is 2. The number of nitrogens with zero attached hydrogens (tertiary/aromatic N) is 2. The van der Waals surface area contributed by atoms with Gasteiger partial charge in [0.15, 0.2) is 0 Å². The molecule has 4 rings (SSSR count). The molecule has 2 saturated heterocycles. The van der Waals surface area contributed by atoms with E-state index >= 15 is 0 Å². The first-order valence-electron chi connectivity index (χ1n) is 13.3. The summed E-state index contributed by atoms with van der Waals surface area (Å²) >= 11 is 6.86. The second kappa shape index (κ2) is 12.9. The van der Waals surface area contributed by atoms with E-state index in [0.717, 1.165) is 75.3 Å². The number of ether oxygens (including phenoxy) is 1. The summed E-state index contributed by atoms with van der Waals surface area (Å²) in [6, 6.07) is 8.00. The van der Waals surface area contributed by atoms with Crippen LogP contribution in [0.15, 0.2) is 29.2 Å². The topological polar surface area (TPSA) is 49.9 Å². The summed E-state index contributed by atoms with van der Waals surface area (Å²) in [6.07, 6.45) is 13.8. The number of rotatable bonds is 9. The van der Waals surface area contributed by atoms with E-state index in [1.165, 1.54) is 31.0 Å². The van der Waals surface area contributed by atoms with Gasteiger partial charge in [0.2, 0.25) is 5.91 Å². The Labute approximate surface area is 219 Å². The highest BCUT2D eigenvalue weighted by Crippen LogP contribution is 2.33. The Kier molecular flexibility index (Phi) is 9.67. The standard InChI is InChI=1S/C28H38N2O3S2/c1-21-15-18-29(19-16-21)26(31)10-6-3-7-17-30-27(32)25(35-28(30)34)20-22-11-13-24(14-12-22)33-23-8-4-2-5-9-23/h11-14,20-21,23H,2-10,15-19H2,1H3/b25-20-. The lowest BCUT2D eigenvalue weighted by Crippen LogP contribution is -2.37. The van der Waals surface area contributed by atoms with Gasteiger partial charge in [-0.05, 0) is 81.1 Å². The Morgan fingerprint density at radius 3 is 2.49 bits per heavy atom. The number of carbonyl (C=O) groups excluding carboxylic acids is 2. The molecule has 35 heavy (non-hydrogen) atoms. The Hall–Kier alpha value is -1.86. The molecule has 3 aliphatic rings. The summed E-state index contributed by atoms with van der Waals surface area (Å²) in [5.74, 6) is 1.90. The zero-order valence-electron chi connectivity index (χ0n) is 20.9. The molecule has 1 saturated carbocycles. The molecule has 0 atom stereocenters. The van der Waals surface area contributed by atoms with Gasteiger partial charge in [-0.1, -0.05) is 55.9 Å². The van der Waals surface area contributed by atoms with Crippen LogP contribution in [-0.4, -0.2) is 51.7 Å². The first-order chi connectivity index (χ1) is 17.0. The van der Waals surface area contributed by atoms with Crippen LogP contribution in [0.5, 0.6) is 5.75 Å². The maximum atomic E-state index is 12.9. The predicted molar refractivity (Wildman–Crippen MR) is 147 cm³/mol. The number of thioether (sulfide) groups is 1. The second-order valence-corrected chi connectivity index (χ2v) is 11.8. The first kappa shape index (κ1) is 26.2. The molecule has 1 aromatic carbocycles. The number of unbranched alkanes of at least 4 members (excludes halogenated alkanes) is 2. The zero-order valence-corrected chi connectivity index (χ0v) is 22.5. The highest BCUT2D eigenvalue weighted by molar-refractivity contribution is 8.26. The van der Waals surface area contributed by atoms with Crippen molar-refractivity contribution in [3.8, 4) is 5.75 Å². The predicted octanol–water partition coefficient (Wildman–Crippen LogP) is 6.42. The van der Waals surface area contributed by atoms with Gasteiger partial charge in [-0.2, -0.15) is 0 Å². The van der Waals surface area contributed by atoms with E-state index in [1.807, 2.05) is 35.2 Å². The molecule has 0 spiro atoms. The summed E-state index contributed by atoms with van der Waals surface area (Å²) in [7, 11) is 0. The van der Waals surface area contributed by atoms with Gasteiger partial charge in [-0.15, -0.1) is 0 Å². The lowest BCUT2D eigenvalue weighted by molar-refractivity contribution is -0.132. The van der Waals surface area contributed by atoms with E-state index in [4.69, 9.17) is 17.0 Å². The molecule has 0 radical (unpaired) electrons. The third-order valence-corrected chi connectivity index (χ3v) is 8.69. The van der Waals surface area contributed by atoms with Crippen LogP contribution in [0, 0.1) is 5.92 Å². The van der Waals surface area contributed by atoms with Crippen LogP contribution in [0.4, 0.5) is 0 Å². The molecule has 2 heterocycles. The van der Waals surface area contributed by atoms with Crippen molar-refractivity contribution in [1.82, 2.24) is 9.80 Å². The molecule has 1 aromatic rings. The number of piperidine rings is 1. The summed E-state index contributed by atoms with van der Waals surface area (Å²) in [4.78, 5) is 29.7. The number of benzene rings is 1. The fourth-order valence-corrected chi connectivity index (χ4v) is 6.31. The Balaban J connectivity index is 1.19. The number of hydrogen-bond acceptors (Lipinski definition) is 5. The molecule has 2 amide bonds. The molecule has 3 fully saturated rings. The number of amides is 2.